The van der Waals surface area contributed by atoms with E-state index in [2.05, 4.69) is 20.5 Å². The number of hydrogen-bond donors (Lipinski definition) is 2. The number of alkyl halides is 5. The van der Waals surface area contributed by atoms with Crippen LogP contribution in [0.1, 0.15) is 40.1 Å². The highest BCUT2D eigenvalue weighted by molar-refractivity contribution is 5.35. The zero-order valence-corrected chi connectivity index (χ0v) is 18.4. The van der Waals surface area contributed by atoms with Crippen LogP contribution in [0.15, 0.2) is 67.1 Å². The average molecular weight is 527 g/mol. The van der Waals surface area contributed by atoms with Crippen molar-refractivity contribution >= 4 is 0 Å². The van der Waals surface area contributed by atoms with Gasteiger partial charge in [0.1, 0.15) is 30.1 Å². The summed E-state index contributed by atoms with van der Waals surface area (Å²) in [6.45, 7) is 0. The van der Waals surface area contributed by atoms with Gasteiger partial charge >= 0.3 is 6.18 Å². The summed E-state index contributed by atoms with van der Waals surface area (Å²) in [5.41, 5.74) is -5.30. The fourth-order valence-electron chi connectivity index (χ4n) is 3.83. The van der Waals surface area contributed by atoms with E-state index in [4.69, 9.17) is 0 Å². The zero-order valence-electron chi connectivity index (χ0n) is 18.4. The summed E-state index contributed by atoms with van der Waals surface area (Å²) in [5, 5.41) is 32.0. The van der Waals surface area contributed by atoms with Crippen molar-refractivity contribution < 1.29 is 40.9 Å². The Kier molecular flexibility index (Phi) is 6.97. The van der Waals surface area contributed by atoms with Gasteiger partial charge in [-0.25, -0.2) is 22.2 Å². The van der Waals surface area contributed by atoms with Crippen LogP contribution in [0.4, 0.5) is 30.7 Å². The number of nitrogens with zero attached hydrogens (tertiary/aromatic N) is 5. The summed E-state index contributed by atoms with van der Waals surface area (Å²) in [6, 6.07) is 5.84. The standard InChI is InChI=1S/C23H16F7N5O2/c24-15-6-7-16(17(25)9-15)22(37,21(26)27)20(35-11-32-33-34-35)18-8-3-13(10-31-18)19(36)12-1-4-14(5-2-12)23(28,29)30/h1-11,19-21,36-37H. The molecule has 2 N–H and O–H groups in total. The van der Waals surface area contributed by atoms with Gasteiger partial charge in [-0.15, -0.1) is 5.10 Å². The first kappa shape index (κ1) is 26.2. The number of aliphatic hydroxyl groups excluding tert-OH is 1. The molecular weight excluding hydrogens is 511 g/mol. The van der Waals surface area contributed by atoms with Crippen LogP contribution in [0.5, 0.6) is 0 Å². The van der Waals surface area contributed by atoms with Gasteiger partial charge in [-0.05, 0) is 46.3 Å². The van der Waals surface area contributed by atoms with Crippen LogP contribution in [0, 0.1) is 11.6 Å². The lowest BCUT2D eigenvalue weighted by atomic mass is 9.84. The maximum absolute atomic E-state index is 14.6. The van der Waals surface area contributed by atoms with Crippen molar-refractivity contribution in [3.8, 4) is 0 Å². The van der Waals surface area contributed by atoms with Crippen molar-refractivity contribution in [3.05, 3.63) is 107 Å². The normalized spacial score (nSPS) is 15.4. The smallest absolute Gasteiger partial charge is 0.384 e. The summed E-state index contributed by atoms with van der Waals surface area (Å²) in [4.78, 5) is 4.01. The molecule has 0 fully saturated rings. The Balaban J connectivity index is 1.74. The quantitative estimate of drug-likeness (QED) is 0.350. The summed E-state index contributed by atoms with van der Waals surface area (Å²) >= 11 is 0. The molecule has 0 aliphatic heterocycles. The number of rotatable bonds is 7. The second-order valence-electron chi connectivity index (χ2n) is 7.98. The third-order valence-electron chi connectivity index (χ3n) is 5.70. The van der Waals surface area contributed by atoms with E-state index in [1.54, 1.807) is 0 Å². The number of tetrazole rings is 1. The number of aromatic nitrogens is 5. The molecule has 0 spiro atoms. The number of hydrogen-bond acceptors (Lipinski definition) is 6. The molecule has 4 aromatic rings. The molecule has 0 saturated heterocycles. The third kappa shape index (κ3) is 5.02. The van der Waals surface area contributed by atoms with E-state index < -0.39 is 53.1 Å². The molecule has 0 aliphatic carbocycles. The highest BCUT2D eigenvalue weighted by Crippen LogP contribution is 2.43. The molecule has 2 heterocycles. The maximum Gasteiger partial charge on any atom is 0.416 e. The largest absolute Gasteiger partial charge is 0.416 e. The van der Waals surface area contributed by atoms with Crippen LogP contribution >= 0.6 is 0 Å². The molecule has 4 rings (SSSR count). The summed E-state index contributed by atoms with van der Waals surface area (Å²) in [5.74, 6) is -2.51. The molecule has 0 amide bonds. The van der Waals surface area contributed by atoms with Crippen LogP contribution in [0.2, 0.25) is 0 Å². The molecule has 2 aromatic carbocycles. The van der Waals surface area contributed by atoms with Crippen LogP contribution < -0.4 is 0 Å². The second kappa shape index (κ2) is 9.86. The maximum atomic E-state index is 14.6. The van der Waals surface area contributed by atoms with Gasteiger partial charge < -0.3 is 10.2 Å². The van der Waals surface area contributed by atoms with Crippen molar-refractivity contribution in [1.29, 1.82) is 0 Å². The monoisotopic (exact) mass is 527 g/mol. The molecule has 0 aliphatic rings. The topological polar surface area (TPSA) is 97.0 Å². The van der Waals surface area contributed by atoms with Gasteiger partial charge in [0.25, 0.3) is 6.43 Å². The molecule has 0 radical (unpaired) electrons. The van der Waals surface area contributed by atoms with E-state index in [-0.39, 0.29) is 16.8 Å². The fraction of sp³-hybridized carbons (Fsp3) is 0.217. The Morgan fingerprint density at radius 2 is 1.57 bits per heavy atom. The van der Waals surface area contributed by atoms with Crippen molar-refractivity contribution in [2.45, 2.75) is 30.3 Å². The molecule has 2 aromatic heterocycles. The van der Waals surface area contributed by atoms with Gasteiger partial charge in [-0.1, -0.05) is 18.2 Å². The Morgan fingerprint density at radius 3 is 2.08 bits per heavy atom. The SMILES string of the molecule is OC(c1ccc(C(F)(F)F)cc1)c1ccc(C(n2cnnn2)C(O)(c2ccc(F)cc2F)C(F)F)nc1. The van der Waals surface area contributed by atoms with Crippen molar-refractivity contribution in [1.82, 2.24) is 25.2 Å². The number of halogens is 7. The molecule has 7 nitrogen and oxygen atoms in total. The molecule has 14 heteroatoms. The molecule has 3 unspecified atom stereocenters. The van der Waals surface area contributed by atoms with Gasteiger partial charge in [0.15, 0.2) is 5.60 Å². The predicted octanol–water partition coefficient (Wildman–Crippen LogP) is 4.19. The molecular formula is C23H16F7N5O2. The first-order chi connectivity index (χ1) is 17.4. The van der Waals surface area contributed by atoms with Crippen LogP contribution in [-0.2, 0) is 11.8 Å². The van der Waals surface area contributed by atoms with E-state index in [0.29, 0.717) is 22.9 Å². The van der Waals surface area contributed by atoms with Crippen molar-refractivity contribution in [2.75, 3.05) is 0 Å². The lowest BCUT2D eigenvalue weighted by molar-refractivity contribution is -0.137. The van der Waals surface area contributed by atoms with Gasteiger partial charge in [-0.2, -0.15) is 13.2 Å². The molecule has 0 saturated carbocycles. The van der Waals surface area contributed by atoms with Crippen molar-refractivity contribution in [2.24, 2.45) is 0 Å². The first-order valence-corrected chi connectivity index (χ1v) is 10.4. The van der Waals surface area contributed by atoms with Gasteiger partial charge in [-0.3, -0.25) is 4.98 Å². The van der Waals surface area contributed by atoms with Gasteiger partial charge in [0.05, 0.1) is 11.3 Å². The predicted molar refractivity (Wildman–Crippen MR) is 112 cm³/mol. The van der Waals surface area contributed by atoms with E-state index in [0.717, 1.165) is 42.9 Å². The Labute approximate surface area is 203 Å². The van der Waals surface area contributed by atoms with Gasteiger partial charge in [0.2, 0.25) is 0 Å². The van der Waals surface area contributed by atoms with Crippen LogP contribution in [0.25, 0.3) is 0 Å². The van der Waals surface area contributed by atoms with Gasteiger partial charge in [0, 0.05) is 23.4 Å². The fourth-order valence-corrected chi connectivity index (χ4v) is 3.83. The Bertz CT molecular complexity index is 1350. The van der Waals surface area contributed by atoms with E-state index >= 15 is 0 Å². The number of pyridine rings is 1. The summed E-state index contributed by atoms with van der Waals surface area (Å²) < 4.78 is 95.9. The minimum Gasteiger partial charge on any atom is -0.384 e. The Hall–Kier alpha value is -3.91. The third-order valence-corrected chi connectivity index (χ3v) is 5.70. The Morgan fingerprint density at radius 1 is 0.892 bits per heavy atom. The second-order valence-corrected chi connectivity index (χ2v) is 7.98. The van der Waals surface area contributed by atoms with Crippen molar-refractivity contribution in [3.63, 3.8) is 0 Å². The summed E-state index contributed by atoms with van der Waals surface area (Å²) in [6.07, 6.45) is -7.71. The lowest BCUT2D eigenvalue weighted by Gasteiger charge is -2.35. The molecule has 194 valence electrons. The molecule has 3 atom stereocenters. The van der Waals surface area contributed by atoms with E-state index in [1.807, 2.05) is 0 Å². The summed E-state index contributed by atoms with van der Waals surface area (Å²) in [7, 11) is 0. The van der Waals surface area contributed by atoms with Crippen LogP contribution in [0.3, 0.4) is 0 Å². The average Bonchev–Trinajstić information content (AvgIpc) is 3.37. The highest BCUT2D eigenvalue weighted by atomic mass is 19.4. The van der Waals surface area contributed by atoms with Crippen LogP contribution in [-0.4, -0.2) is 41.8 Å². The molecule has 0 bridgehead atoms. The highest BCUT2D eigenvalue weighted by Gasteiger charge is 2.52. The van der Waals surface area contributed by atoms with E-state index in [1.165, 1.54) is 6.07 Å². The molecule has 37 heavy (non-hydrogen) atoms. The number of benzene rings is 2. The number of aliphatic hydroxyl groups is 2. The minimum absolute atomic E-state index is 0.0764. The lowest BCUT2D eigenvalue weighted by Crippen LogP contribution is -2.45. The minimum atomic E-state index is -4.57. The first-order valence-electron chi connectivity index (χ1n) is 10.4. The van der Waals surface area contributed by atoms with E-state index in [9.17, 15) is 40.9 Å². The zero-order chi connectivity index (χ0) is 27.0.